The molecule has 2 heterocycles. The van der Waals surface area contributed by atoms with Gasteiger partial charge in [-0.2, -0.15) is 5.10 Å². The van der Waals surface area contributed by atoms with Crippen molar-refractivity contribution < 1.29 is 14.6 Å². The third-order valence-corrected chi connectivity index (χ3v) is 3.62. The Morgan fingerprint density at radius 1 is 1.23 bits per heavy atom. The minimum atomic E-state index is -0.496. The van der Waals surface area contributed by atoms with Crippen molar-refractivity contribution >= 4 is 0 Å². The smallest absolute Gasteiger partial charge is 0.119 e. The van der Waals surface area contributed by atoms with Crippen LogP contribution in [-0.2, 0) is 4.74 Å². The molecule has 0 spiro atoms. The van der Waals surface area contributed by atoms with Crippen LogP contribution >= 0.6 is 0 Å². The van der Waals surface area contributed by atoms with E-state index in [1.807, 2.05) is 36.5 Å². The van der Waals surface area contributed by atoms with E-state index in [9.17, 15) is 5.11 Å². The Bertz CT molecular complexity index is 551. The van der Waals surface area contributed by atoms with Crippen molar-refractivity contribution in [3.63, 3.8) is 0 Å². The number of ether oxygens (including phenoxy) is 2. The van der Waals surface area contributed by atoms with E-state index >= 15 is 0 Å². The molecule has 0 bridgehead atoms. The van der Waals surface area contributed by atoms with Crippen LogP contribution in [0.5, 0.6) is 5.75 Å². The van der Waals surface area contributed by atoms with Crippen molar-refractivity contribution in [2.24, 2.45) is 0 Å². The summed E-state index contributed by atoms with van der Waals surface area (Å²) in [6.45, 7) is 4.13. The second kappa shape index (κ2) is 7.40. The van der Waals surface area contributed by atoms with Crippen molar-refractivity contribution in [1.82, 2.24) is 14.7 Å². The summed E-state index contributed by atoms with van der Waals surface area (Å²) in [4.78, 5) is 2.19. The van der Waals surface area contributed by atoms with Crippen LogP contribution in [0.25, 0.3) is 5.69 Å². The zero-order chi connectivity index (χ0) is 15.2. The normalized spacial score (nSPS) is 17.3. The van der Waals surface area contributed by atoms with Gasteiger partial charge in [-0.25, -0.2) is 4.68 Å². The monoisotopic (exact) mass is 303 g/mol. The molecule has 1 atom stereocenters. The number of aliphatic hydroxyl groups is 1. The summed E-state index contributed by atoms with van der Waals surface area (Å²) in [5, 5.41) is 14.2. The predicted octanol–water partition coefficient (Wildman–Crippen LogP) is 0.944. The molecule has 1 N–H and O–H groups in total. The van der Waals surface area contributed by atoms with E-state index < -0.39 is 6.10 Å². The maximum atomic E-state index is 10.0. The van der Waals surface area contributed by atoms with Crippen molar-refractivity contribution in [2.45, 2.75) is 6.10 Å². The van der Waals surface area contributed by atoms with Crippen LogP contribution in [0.3, 0.4) is 0 Å². The number of β-amino-alcohol motifs (C(OH)–C–C–N with tert-alkyl or cyclic N) is 1. The number of hydrogen-bond acceptors (Lipinski definition) is 5. The van der Waals surface area contributed by atoms with Crippen LogP contribution in [0.1, 0.15) is 0 Å². The topological polar surface area (TPSA) is 59.8 Å². The lowest BCUT2D eigenvalue weighted by atomic mass is 10.3. The molecule has 2 aromatic rings. The summed E-state index contributed by atoms with van der Waals surface area (Å²) < 4.78 is 12.7. The Balaban J connectivity index is 1.46. The first-order valence-corrected chi connectivity index (χ1v) is 7.52. The van der Waals surface area contributed by atoms with Gasteiger partial charge in [0.15, 0.2) is 0 Å². The third-order valence-electron chi connectivity index (χ3n) is 3.62. The van der Waals surface area contributed by atoms with Gasteiger partial charge in [-0.3, -0.25) is 4.90 Å². The van der Waals surface area contributed by atoms with E-state index in [-0.39, 0.29) is 0 Å². The molecular formula is C16H21N3O3. The highest BCUT2D eigenvalue weighted by atomic mass is 16.5. The van der Waals surface area contributed by atoms with Crippen LogP contribution in [-0.4, -0.2) is 65.3 Å². The number of rotatable bonds is 6. The largest absolute Gasteiger partial charge is 0.491 e. The van der Waals surface area contributed by atoms with Gasteiger partial charge in [0.05, 0.1) is 18.9 Å². The van der Waals surface area contributed by atoms with Crippen LogP contribution in [0, 0.1) is 0 Å². The van der Waals surface area contributed by atoms with Gasteiger partial charge in [0, 0.05) is 32.0 Å². The first-order valence-electron chi connectivity index (χ1n) is 7.52. The fourth-order valence-corrected chi connectivity index (χ4v) is 2.44. The summed E-state index contributed by atoms with van der Waals surface area (Å²) in [5.41, 5.74) is 0.978. The first-order chi connectivity index (χ1) is 10.8. The highest BCUT2D eigenvalue weighted by molar-refractivity contribution is 5.36. The fourth-order valence-electron chi connectivity index (χ4n) is 2.44. The second-order valence-corrected chi connectivity index (χ2v) is 5.32. The first kappa shape index (κ1) is 15.0. The zero-order valence-corrected chi connectivity index (χ0v) is 12.5. The van der Waals surface area contributed by atoms with Gasteiger partial charge < -0.3 is 14.6 Å². The SMILES string of the molecule is OC(COc1ccc(-n2cccn2)cc1)CN1CCOCC1. The number of aliphatic hydroxyl groups excluding tert-OH is 1. The quantitative estimate of drug-likeness (QED) is 0.861. The molecule has 1 aromatic heterocycles. The van der Waals surface area contributed by atoms with E-state index in [1.165, 1.54) is 0 Å². The number of hydrogen-bond donors (Lipinski definition) is 1. The molecule has 6 nitrogen and oxygen atoms in total. The highest BCUT2D eigenvalue weighted by Crippen LogP contribution is 2.15. The minimum absolute atomic E-state index is 0.290. The molecule has 1 aliphatic rings. The Morgan fingerprint density at radius 2 is 2.00 bits per heavy atom. The fraction of sp³-hybridized carbons (Fsp3) is 0.438. The van der Waals surface area contributed by atoms with Crippen LogP contribution < -0.4 is 4.74 Å². The molecule has 1 unspecified atom stereocenters. The molecule has 0 amide bonds. The summed E-state index contributed by atoms with van der Waals surface area (Å²) in [5.74, 6) is 0.747. The predicted molar refractivity (Wildman–Crippen MR) is 82.3 cm³/mol. The lowest BCUT2D eigenvalue weighted by Crippen LogP contribution is -2.42. The van der Waals surface area contributed by atoms with E-state index in [2.05, 4.69) is 10.00 Å². The minimum Gasteiger partial charge on any atom is -0.491 e. The Hall–Kier alpha value is -1.89. The molecule has 118 valence electrons. The van der Waals surface area contributed by atoms with Gasteiger partial charge in [0.1, 0.15) is 18.5 Å². The Kier molecular flexibility index (Phi) is 5.05. The van der Waals surface area contributed by atoms with Crippen LogP contribution in [0.15, 0.2) is 42.7 Å². The number of morpholine rings is 1. The van der Waals surface area contributed by atoms with Crippen LogP contribution in [0.4, 0.5) is 0 Å². The van der Waals surface area contributed by atoms with Gasteiger partial charge in [-0.05, 0) is 30.3 Å². The zero-order valence-electron chi connectivity index (χ0n) is 12.5. The van der Waals surface area contributed by atoms with Gasteiger partial charge >= 0.3 is 0 Å². The lowest BCUT2D eigenvalue weighted by molar-refractivity contribution is 0.00465. The maximum absolute atomic E-state index is 10.0. The molecule has 1 fully saturated rings. The molecule has 22 heavy (non-hydrogen) atoms. The van der Waals surface area contributed by atoms with Crippen molar-refractivity contribution in [2.75, 3.05) is 39.5 Å². The van der Waals surface area contributed by atoms with Crippen molar-refractivity contribution in [3.05, 3.63) is 42.7 Å². The molecule has 3 rings (SSSR count). The van der Waals surface area contributed by atoms with E-state index in [1.54, 1.807) is 10.9 Å². The molecule has 6 heteroatoms. The Labute approximate surface area is 129 Å². The molecule has 0 aliphatic carbocycles. The summed E-state index contributed by atoms with van der Waals surface area (Å²) in [6, 6.07) is 9.54. The molecule has 1 aliphatic heterocycles. The summed E-state index contributed by atoms with van der Waals surface area (Å²) in [6.07, 6.45) is 3.14. The molecule has 1 aromatic carbocycles. The van der Waals surface area contributed by atoms with Gasteiger partial charge in [-0.15, -0.1) is 0 Å². The van der Waals surface area contributed by atoms with E-state index in [4.69, 9.17) is 9.47 Å². The molecular weight excluding hydrogens is 282 g/mol. The van der Waals surface area contributed by atoms with Gasteiger partial charge in [0.2, 0.25) is 0 Å². The molecule has 1 saturated heterocycles. The average Bonchev–Trinajstić information content (AvgIpc) is 3.09. The average molecular weight is 303 g/mol. The highest BCUT2D eigenvalue weighted by Gasteiger charge is 2.15. The second-order valence-electron chi connectivity index (χ2n) is 5.32. The lowest BCUT2D eigenvalue weighted by Gasteiger charge is -2.28. The molecule has 0 saturated carbocycles. The summed E-state index contributed by atoms with van der Waals surface area (Å²) >= 11 is 0. The molecule has 0 radical (unpaired) electrons. The van der Waals surface area contributed by atoms with Gasteiger partial charge in [-0.1, -0.05) is 0 Å². The van der Waals surface area contributed by atoms with Gasteiger partial charge in [0.25, 0.3) is 0 Å². The summed E-state index contributed by atoms with van der Waals surface area (Å²) in [7, 11) is 0. The number of aromatic nitrogens is 2. The van der Waals surface area contributed by atoms with Crippen molar-refractivity contribution in [3.8, 4) is 11.4 Å². The third kappa shape index (κ3) is 4.07. The van der Waals surface area contributed by atoms with E-state index in [0.717, 1.165) is 37.7 Å². The van der Waals surface area contributed by atoms with Crippen LogP contribution in [0.2, 0.25) is 0 Å². The number of benzene rings is 1. The Morgan fingerprint density at radius 3 is 2.68 bits per heavy atom. The maximum Gasteiger partial charge on any atom is 0.119 e. The standard InChI is InChI=1S/C16H21N3O3/c20-15(12-18-8-10-21-11-9-18)13-22-16-4-2-14(3-5-16)19-7-1-6-17-19/h1-7,15,20H,8-13H2. The van der Waals surface area contributed by atoms with E-state index in [0.29, 0.717) is 13.2 Å². The van der Waals surface area contributed by atoms with Crippen molar-refractivity contribution in [1.29, 1.82) is 0 Å². The number of nitrogens with zero attached hydrogens (tertiary/aromatic N) is 3.